The molecule has 0 heterocycles. The quantitative estimate of drug-likeness (QED) is 0.0866. The summed E-state index contributed by atoms with van der Waals surface area (Å²) < 4.78 is 395. The van der Waals surface area contributed by atoms with Crippen molar-refractivity contribution in [3.05, 3.63) is 120 Å². The van der Waals surface area contributed by atoms with Gasteiger partial charge in [0, 0.05) is 6.92 Å². The van der Waals surface area contributed by atoms with Crippen LogP contribution in [0, 0.1) is 116 Å². The number of alkyl halides is 5. The van der Waals surface area contributed by atoms with Crippen molar-refractivity contribution in [2.45, 2.75) is 17.7 Å². The van der Waals surface area contributed by atoms with Crippen LogP contribution < -0.4 is 21.9 Å². The molecule has 4 aromatic rings. The Morgan fingerprint density at radius 2 is 0.467 bits per heavy atom. The van der Waals surface area contributed by atoms with Crippen molar-refractivity contribution in [1.82, 2.24) is 0 Å². The molecule has 4 aromatic carbocycles. The van der Waals surface area contributed by atoms with Crippen molar-refractivity contribution in [3.8, 4) is 0 Å². The fraction of sp³-hybridized carbons (Fsp3) is 0.111. The summed E-state index contributed by atoms with van der Waals surface area (Å²) >= 11 is 0. The Balaban J connectivity index is 0.000000544. The molecule has 0 N–H and O–H groups in total. The SMILES string of the molecule is CC(F)(F)S(=O)(=O)[N-]S(=O)(=O)C(F)(F)F.Fc1c(F)c(F)c([B-](c2c(F)c(F)c(F)c(F)c2F)(c2c(F)c(F)c(F)c(F)c2F)c2c(F)c(F)c(F)c(F)c2F)c(F)c1F. The molecule has 33 heteroatoms. The zero-order valence-corrected chi connectivity index (χ0v) is 28.6. The molecule has 0 aromatic heterocycles. The van der Waals surface area contributed by atoms with Crippen LogP contribution >= 0.6 is 0 Å². The highest BCUT2D eigenvalue weighted by Crippen LogP contribution is 2.36. The summed E-state index contributed by atoms with van der Waals surface area (Å²) in [5.41, 5.74) is -20.4. The lowest BCUT2D eigenvalue weighted by molar-refractivity contribution is -0.0425. The van der Waals surface area contributed by atoms with Gasteiger partial charge in [0.1, 0.15) is 62.7 Å². The van der Waals surface area contributed by atoms with Crippen LogP contribution in [0.5, 0.6) is 0 Å². The van der Waals surface area contributed by atoms with Gasteiger partial charge >= 0.3 is 10.8 Å². The van der Waals surface area contributed by atoms with E-state index >= 15 is 35.1 Å². The van der Waals surface area contributed by atoms with E-state index < -0.39 is 175 Å². The lowest BCUT2D eigenvalue weighted by atomic mass is 9.12. The molecule has 0 aliphatic carbocycles. The predicted octanol–water partition coefficient (Wildman–Crippen LogP) is 7.00. The number of sulfonamides is 2. The van der Waals surface area contributed by atoms with E-state index in [-0.39, 0.29) is 6.92 Å². The summed E-state index contributed by atoms with van der Waals surface area (Å²) in [6, 6.07) is 0. The highest BCUT2D eigenvalue weighted by Gasteiger charge is 2.52. The summed E-state index contributed by atoms with van der Waals surface area (Å²) in [7, 11) is -12.5. The first kappa shape index (κ1) is 49.4. The van der Waals surface area contributed by atoms with Crippen molar-refractivity contribution < 1.29 is 127 Å². The molecule has 0 fully saturated rings. The molecule has 60 heavy (non-hydrogen) atoms. The van der Waals surface area contributed by atoms with Gasteiger partial charge in [0.15, 0.2) is 79.8 Å². The van der Waals surface area contributed by atoms with E-state index in [2.05, 4.69) is 0 Å². The van der Waals surface area contributed by atoms with Crippen molar-refractivity contribution >= 4 is 48.0 Å². The standard InChI is InChI=1S/C24BF20.C3H3F5NO4S2/c26-5-1(6(27)14(35)21(42)13(5)34)25(2-7(28)15(36)22(43)16(37)8(2)29,3-9(30)17(38)23(44)18(39)10(3)31)4-11(32)19(40)24(45)20(41)12(4)33;1-2(4,5)14(10,11)9-15(12,13)3(6,7)8/h;1H3/q2*-1. The second-order valence-electron chi connectivity index (χ2n) is 11.1. The second kappa shape index (κ2) is 15.8. The van der Waals surface area contributed by atoms with Crippen LogP contribution in [0.1, 0.15) is 6.92 Å². The summed E-state index contributed by atoms with van der Waals surface area (Å²) in [5, 5.41) is -4.70. The molecule has 0 aliphatic rings. The third-order valence-corrected chi connectivity index (χ3v) is 10.7. The topological polar surface area (TPSA) is 82.4 Å². The number of benzene rings is 4. The molecule has 5 nitrogen and oxygen atoms in total. The van der Waals surface area contributed by atoms with Crippen LogP contribution in [0.2, 0.25) is 0 Å². The monoisotopic (exact) mass is 955 g/mol. The van der Waals surface area contributed by atoms with Crippen LogP contribution in [-0.2, 0) is 20.0 Å². The van der Waals surface area contributed by atoms with Gasteiger partial charge in [0.25, 0.3) is 0 Å². The van der Waals surface area contributed by atoms with E-state index in [1.807, 2.05) is 0 Å². The third kappa shape index (κ3) is 7.43. The average Bonchev–Trinajstić information content (AvgIpc) is 3.13. The maximum Gasteiger partial charge on any atom is 0.480 e. The first-order valence-corrected chi connectivity index (χ1v) is 16.7. The zero-order valence-electron chi connectivity index (χ0n) is 26.9. The Bertz CT molecular complexity index is 2260. The number of hydrogen-bond acceptors (Lipinski definition) is 4. The van der Waals surface area contributed by atoms with Crippen molar-refractivity contribution in [2.75, 3.05) is 0 Å². The Hall–Kier alpha value is -4.95. The van der Waals surface area contributed by atoms with E-state index in [4.69, 9.17) is 0 Å². The Labute approximate surface area is 313 Å². The molecule has 4 rings (SSSR count). The molecule has 332 valence electrons. The lowest BCUT2D eigenvalue weighted by Crippen LogP contribution is -2.81. The maximum atomic E-state index is 15.4. The van der Waals surface area contributed by atoms with Gasteiger partial charge < -0.3 is 4.13 Å². The van der Waals surface area contributed by atoms with Gasteiger partial charge in [0.2, 0.25) is 0 Å². The molecule has 0 atom stereocenters. The minimum Gasteiger partial charge on any atom is -0.423 e. The molecule has 0 unspecified atom stereocenters. The van der Waals surface area contributed by atoms with Crippen LogP contribution in [-0.4, -0.2) is 33.7 Å². The predicted molar refractivity (Wildman–Crippen MR) is 147 cm³/mol. The zero-order chi connectivity index (χ0) is 47.1. The van der Waals surface area contributed by atoms with Gasteiger partial charge in [0.05, 0.1) is 0 Å². The van der Waals surface area contributed by atoms with Crippen molar-refractivity contribution in [3.63, 3.8) is 0 Å². The van der Waals surface area contributed by atoms with Gasteiger partial charge in [-0.1, -0.05) is 0 Å². The van der Waals surface area contributed by atoms with E-state index in [9.17, 15) is 91.5 Å². The summed E-state index contributed by atoms with van der Waals surface area (Å²) in [6.45, 7) is -0.294. The van der Waals surface area contributed by atoms with E-state index in [1.54, 1.807) is 0 Å². The van der Waals surface area contributed by atoms with Crippen molar-refractivity contribution in [1.29, 1.82) is 0 Å². The Morgan fingerprint density at radius 1 is 0.317 bits per heavy atom. The van der Waals surface area contributed by atoms with Gasteiger partial charge in [-0.05, 0) is 0 Å². The second-order valence-corrected chi connectivity index (χ2v) is 14.8. The highest BCUT2D eigenvalue weighted by molar-refractivity contribution is 8.13. The van der Waals surface area contributed by atoms with E-state index in [0.717, 1.165) is 4.13 Å². The van der Waals surface area contributed by atoms with E-state index in [0.29, 0.717) is 0 Å². The molecule has 0 spiro atoms. The number of rotatable bonds is 7. The number of nitrogens with zero attached hydrogens (tertiary/aromatic N) is 1. The maximum absolute atomic E-state index is 15.4. The van der Waals surface area contributed by atoms with Crippen LogP contribution in [0.15, 0.2) is 0 Å². The summed E-state index contributed by atoms with van der Waals surface area (Å²) in [6.07, 6.45) is -7.22. The average molecular weight is 955 g/mol. The molecule has 0 radical (unpaired) electrons. The normalized spacial score (nSPS) is 12.8. The van der Waals surface area contributed by atoms with Gasteiger partial charge in [-0.3, -0.25) is 0 Å². The largest absolute Gasteiger partial charge is 0.480 e. The van der Waals surface area contributed by atoms with Crippen molar-refractivity contribution in [2.24, 2.45) is 0 Å². The molecule has 0 saturated carbocycles. The first-order valence-electron chi connectivity index (χ1n) is 13.8. The molecule has 0 saturated heterocycles. The Morgan fingerprint density at radius 3 is 0.600 bits per heavy atom. The smallest absolute Gasteiger partial charge is 0.423 e. The van der Waals surface area contributed by atoms with Crippen LogP contribution in [0.25, 0.3) is 4.13 Å². The number of hydrogen-bond donors (Lipinski definition) is 0. The minimum absolute atomic E-state index is 0.294. The van der Waals surface area contributed by atoms with Gasteiger partial charge in [-0.25, -0.2) is 105 Å². The number of halogens is 25. The van der Waals surface area contributed by atoms with Crippen LogP contribution in [0.3, 0.4) is 0 Å². The fourth-order valence-electron chi connectivity index (χ4n) is 5.11. The van der Waals surface area contributed by atoms with E-state index in [1.165, 1.54) is 0 Å². The summed E-state index contributed by atoms with van der Waals surface area (Å²) in [5.74, 6) is -71.4. The third-order valence-electron chi connectivity index (χ3n) is 7.65. The molecule has 0 bridgehead atoms. The lowest BCUT2D eigenvalue weighted by Gasteiger charge is -2.44. The van der Waals surface area contributed by atoms with Gasteiger partial charge in [-0.2, -0.15) is 22.0 Å². The molecule has 0 amide bonds. The summed E-state index contributed by atoms with van der Waals surface area (Å²) in [4.78, 5) is 0. The fourth-order valence-corrected chi connectivity index (χ4v) is 7.01. The first-order chi connectivity index (χ1) is 26.9. The molecular weight excluding hydrogens is 952 g/mol. The van der Waals surface area contributed by atoms with Crippen LogP contribution in [0.4, 0.5) is 110 Å². The Kier molecular flexibility index (Phi) is 13.0. The molecular formula is C27H3BF25NO4S2-2. The molecule has 0 aliphatic heterocycles. The highest BCUT2D eigenvalue weighted by atomic mass is 32.3. The minimum atomic E-state index is -7.22. The van der Waals surface area contributed by atoms with Gasteiger partial charge in [-0.15, -0.1) is 21.9 Å².